The van der Waals surface area contributed by atoms with E-state index in [0.29, 0.717) is 5.69 Å². The molecule has 2 aromatic rings. The molecule has 0 aliphatic carbocycles. The van der Waals surface area contributed by atoms with Crippen LogP contribution in [-0.2, 0) is 7.05 Å². The minimum absolute atomic E-state index is 0.0909. The Morgan fingerprint density at radius 2 is 2.14 bits per heavy atom. The Balaban J connectivity index is 1.63. The molecule has 1 N–H and O–H groups in total. The molecule has 1 aliphatic rings. The third kappa shape index (κ3) is 3.24. The Kier molecular flexibility index (Phi) is 4.04. The van der Waals surface area contributed by atoms with Gasteiger partial charge in [0.2, 0.25) is 5.95 Å². The number of amides is 1. The molecule has 1 aliphatic heterocycles. The fourth-order valence-corrected chi connectivity index (χ4v) is 2.62. The van der Waals surface area contributed by atoms with E-state index in [0.717, 1.165) is 37.4 Å². The highest BCUT2D eigenvalue weighted by Crippen LogP contribution is 2.16. The molecular formula is C15H20N6O. The van der Waals surface area contributed by atoms with Crippen LogP contribution < -0.4 is 10.2 Å². The Labute approximate surface area is 129 Å². The van der Waals surface area contributed by atoms with Gasteiger partial charge in [-0.2, -0.15) is 5.10 Å². The van der Waals surface area contributed by atoms with Gasteiger partial charge in [-0.05, 0) is 31.4 Å². The Morgan fingerprint density at radius 3 is 2.82 bits per heavy atom. The molecule has 2 aromatic heterocycles. The highest BCUT2D eigenvalue weighted by molar-refractivity contribution is 5.92. The standard InChI is InChI=1S/C15H20N6O/c1-11-8-16-15(17-9-11)21-6-3-4-12(10-21)18-14(22)13-5-7-20(2)19-13/h5,7-9,12H,3-4,6,10H2,1-2H3,(H,18,22). The number of carbonyl (C=O) groups excluding carboxylic acids is 1. The quantitative estimate of drug-likeness (QED) is 0.912. The van der Waals surface area contributed by atoms with E-state index in [9.17, 15) is 4.79 Å². The van der Waals surface area contributed by atoms with Gasteiger partial charge in [-0.1, -0.05) is 0 Å². The summed E-state index contributed by atoms with van der Waals surface area (Å²) in [4.78, 5) is 23.0. The van der Waals surface area contributed by atoms with Crippen LogP contribution in [0.25, 0.3) is 0 Å². The maximum atomic E-state index is 12.2. The molecule has 1 atom stereocenters. The molecule has 3 heterocycles. The summed E-state index contributed by atoms with van der Waals surface area (Å²) >= 11 is 0. The first kappa shape index (κ1) is 14.5. The second kappa shape index (κ2) is 6.13. The van der Waals surface area contributed by atoms with E-state index < -0.39 is 0 Å². The van der Waals surface area contributed by atoms with Crippen LogP contribution in [0.2, 0.25) is 0 Å². The normalized spacial score (nSPS) is 18.3. The van der Waals surface area contributed by atoms with Crippen molar-refractivity contribution in [2.24, 2.45) is 7.05 Å². The average molecular weight is 300 g/mol. The lowest BCUT2D eigenvalue weighted by Crippen LogP contribution is -2.48. The molecule has 3 rings (SSSR count). The molecule has 1 amide bonds. The lowest BCUT2D eigenvalue weighted by atomic mass is 10.1. The van der Waals surface area contributed by atoms with Crippen molar-refractivity contribution in [3.63, 3.8) is 0 Å². The number of hydrogen-bond acceptors (Lipinski definition) is 5. The Bertz CT molecular complexity index is 650. The van der Waals surface area contributed by atoms with E-state index in [1.54, 1.807) is 24.0 Å². The maximum Gasteiger partial charge on any atom is 0.272 e. The van der Waals surface area contributed by atoms with Crippen molar-refractivity contribution in [3.05, 3.63) is 35.9 Å². The van der Waals surface area contributed by atoms with Gasteiger partial charge in [-0.3, -0.25) is 9.48 Å². The smallest absolute Gasteiger partial charge is 0.272 e. The second-order valence-corrected chi connectivity index (χ2v) is 5.69. The molecule has 0 bridgehead atoms. The molecule has 7 nitrogen and oxygen atoms in total. The van der Waals surface area contributed by atoms with Crippen molar-refractivity contribution in [2.75, 3.05) is 18.0 Å². The SMILES string of the molecule is Cc1cnc(N2CCCC(NC(=O)c3ccn(C)n3)C2)nc1. The van der Waals surface area contributed by atoms with Crippen LogP contribution in [0, 0.1) is 6.92 Å². The number of aryl methyl sites for hydroxylation is 2. The van der Waals surface area contributed by atoms with Crippen LogP contribution in [0.15, 0.2) is 24.7 Å². The highest BCUT2D eigenvalue weighted by Gasteiger charge is 2.24. The maximum absolute atomic E-state index is 12.2. The minimum atomic E-state index is -0.128. The molecule has 0 radical (unpaired) electrons. The van der Waals surface area contributed by atoms with Crippen molar-refractivity contribution in [3.8, 4) is 0 Å². The summed E-state index contributed by atoms with van der Waals surface area (Å²) in [5.74, 6) is 0.597. The molecule has 0 spiro atoms. The summed E-state index contributed by atoms with van der Waals surface area (Å²) in [6.07, 6.45) is 7.37. The summed E-state index contributed by atoms with van der Waals surface area (Å²) in [7, 11) is 1.80. The number of hydrogen-bond donors (Lipinski definition) is 1. The number of nitrogens with one attached hydrogen (secondary N) is 1. The number of piperidine rings is 1. The van der Waals surface area contributed by atoms with Crippen LogP contribution in [0.5, 0.6) is 0 Å². The monoisotopic (exact) mass is 300 g/mol. The summed E-state index contributed by atoms with van der Waals surface area (Å²) in [5, 5.41) is 7.18. The van der Waals surface area contributed by atoms with Crippen molar-refractivity contribution < 1.29 is 4.79 Å². The zero-order valence-electron chi connectivity index (χ0n) is 12.9. The van der Waals surface area contributed by atoms with Gasteiger partial charge >= 0.3 is 0 Å². The number of carbonyl (C=O) groups is 1. The van der Waals surface area contributed by atoms with E-state index in [1.165, 1.54) is 0 Å². The van der Waals surface area contributed by atoms with E-state index in [1.807, 2.05) is 19.3 Å². The molecule has 116 valence electrons. The number of anilines is 1. The number of rotatable bonds is 3. The Hall–Kier alpha value is -2.44. The average Bonchev–Trinajstić information content (AvgIpc) is 2.95. The fourth-order valence-electron chi connectivity index (χ4n) is 2.62. The van der Waals surface area contributed by atoms with E-state index >= 15 is 0 Å². The summed E-state index contributed by atoms with van der Waals surface area (Å²) in [6, 6.07) is 1.81. The van der Waals surface area contributed by atoms with Gasteiger partial charge in [-0.25, -0.2) is 9.97 Å². The molecule has 0 saturated carbocycles. The molecule has 1 fully saturated rings. The zero-order valence-corrected chi connectivity index (χ0v) is 12.9. The topological polar surface area (TPSA) is 75.9 Å². The van der Waals surface area contributed by atoms with Gasteiger partial charge in [0.1, 0.15) is 5.69 Å². The van der Waals surface area contributed by atoms with Crippen molar-refractivity contribution >= 4 is 11.9 Å². The predicted octanol–water partition coefficient (Wildman–Crippen LogP) is 0.917. The minimum Gasteiger partial charge on any atom is -0.346 e. The summed E-state index contributed by atoms with van der Waals surface area (Å²) in [6.45, 7) is 3.61. The summed E-state index contributed by atoms with van der Waals surface area (Å²) in [5.41, 5.74) is 1.49. The van der Waals surface area contributed by atoms with E-state index in [4.69, 9.17) is 0 Å². The van der Waals surface area contributed by atoms with Gasteiger partial charge in [-0.15, -0.1) is 0 Å². The molecule has 22 heavy (non-hydrogen) atoms. The lowest BCUT2D eigenvalue weighted by Gasteiger charge is -2.33. The van der Waals surface area contributed by atoms with E-state index in [2.05, 4.69) is 25.3 Å². The fraction of sp³-hybridized carbons (Fsp3) is 0.467. The van der Waals surface area contributed by atoms with Crippen LogP contribution in [-0.4, -0.2) is 44.8 Å². The van der Waals surface area contributed by atoms with Crippen LogP contribution in [0.4, 0.5) is 5.95 Å². The third-order valence-electron chi connectivity index (χ3n) is 3.75. The molecule has 7 heteroatoms. The van der Waals surface area contributed by atoms with Crippen molar-refractivity contribution in [2.45, 2.75) is 25.8 Å². The first-order valence-electron chi connectivity index (χ1n) is 7.46. The van der Waals surface area contributed by atoms with Crippen molar-refractivity contribution in [1.82, 2.24) is 25.1 Å². The largest absolute Gasteiger partial charge is 0.346 e. The van der Waals surface area contributed by atoms with E-state index in [-0.39, 0.29) is 11.9 Å². The van der Waals surface area contributed by atoms with Gasteiger partial charge in [0.25, 0.3) is 5.91 Å². The van der Waals surface area contributed by atoms with Gasteiger partial charge in [0, 0.05) is 44.8 Å². The highest BCUT2D eigenvalue weighted by atomic mass is 16.2. The number of aromatic nitrogens is 4. The number of nitrogens with zero attached hydrogens (tertiary/aromatic N) is 5. The molecule has 0 aromatic carbocycles. The van der Waals surface area contributed by atoms with Crippen LogP contribution in [0.1, 0.15) is 28.9 Å². The first-order chi connectivity index (χ1) is 10.6. The zero-order chi connectivity index (χ0) is 15.5. The molecule has 1 saturated heterocycles. The van der Waals surface area contributed by atoms with Gasteiger partial charge < -0.3 is 10.2 Å². The molecule has 1 unspecified atom stereocenters. The van der Waals surface area contributed by atoms with Crippen LogP contribution >= 0.6 is 0 Å². The van der Waals surface area contributed by atoms with Crippen molar-refractivity contribution in [1.29, 1.82) is 0 Å². The van der Waals surface area contributed by atoms with Crippen LogP contribution in [0.3, 0.4) is 0 Å². The molecular weight excluding hydrogens is 280 g/mol. The van der Waals surface area contributed by atoms with Gasteiger partial charge in [0.15, 0.2) is 0 Å². The first-order valence-corrected chi connectivity index (χ1v) is 7.46. The second-order valence-electron chi connectivity index (χ2n) is 5.69. The Morgan fingerprint density at radius 1 is 1.36 bits per heavy atom. The third-order valence-corrected chi connectivity index (χ3v) is 3.75. The predicted molar refractivity (Wildman–Crippen MR) is 82.7 cm³/mol. The van der Waals surface area contributed by atoms with Gasteiger partial charge in [0.05, 0.1) is 0 Å². The summed E-state index contributed by atoms with van der Waals surface area (Å²) < 4.78 is 1.63. The lowest BCUT2D eigenvalue weighted by molar-refractivity contribution is 0.0927.